The van der Waals surface area contributed by atoms with Gasteiger partial charge in [0.25, 0.3) is 11.5 Å². The fourth-order valence-electron chi connectivity index (χ4n) is 4.35. The van der Waals surface area contributed by atoms with Crippen molar-refractivity contribution in [2.45, 2.75) is 46.6 Å². The Morgan fingerprint density at radius 2 is 2.12 bits per heavy atom. The van der Waals surface area contributed by atoms with E-state index < -0.39 is 0 Å². The summed E-state index contributed by atoms with van der Waals surface area (Å²) in [6.07, 6.45) is 4.72. The molecule has 1 unspecified atom stereocenters. The summed E-state index contributed by atoms with van der Waals surface area (Å²) in [5, 5.41) is 9.69. The van der Waals surface area contributed by atoms with Gasteiger partial charge >= 0.3 is 0 Å². The summed E-state index contributed by atoms with van der Waals surface area (Å²) in [5.41, 5.74) is 1.22. The lowest BCUT2D eigenvalue weighted by Crippen LogP contribution is -2.40. The highest BCUT2D eigenvalue weighted by Gasteiger charge is 2.33. The Morgan fingerprint density at radius 3 is 2.75 bits per heavy atom. The maximum absolute atomic E-state index is 13.1. The highest BCUT2D eigenvalue weighted by atomic mass is 32.2. The summed E-state index contributed by atoms with van der Waals surface area (Å²) < 4.78 is 7.29. The number of hydrogen-bond donors (Lipinski definition) is 0. The van der Waals surface area contributed by atoms with Crippen LogP contribution in [0, 0.1) is 24.2 Å². The van der Waals surface area contributed by atoms with Gasteiger partial charge in [-0.25, -0.2) is 0 Å². The molecular weight excluding hydrogens is 444 g/mol. The van der Waals surface area contributed by atoms with Crippen molar-refractivity contribution in [1.82, 2.24) is 9.47 Å². The fraction of sp³-hybridized carbons (Fsp3) is 0.565. The van der Waals surface area contributed by atoms with Gasteiger partial charge in [-0.2, -0.15) is 5.26 Å². The number of amides is 1. The van der Waals surface area contributed by atoms with Gasteiger partial charge in [-0.05, 0) is 50.7 Å². The Kier molecular flexibility index (Phi) is 8.15. The third-order valence-electron chi connectivity index (χ3n) is 6.00. The molecule has 1 aromatic heterocycles. The van der Waals surface area contributed by atoms with Crippen LogP contribution < -0.4 is 10.5 Å². The summed E-state index contributed by atoms with van der Waals surface area (Å²) in [4.78, 5) is 30.5. The summed E-state index contributed by atoms with van der Waals surface area (Å²) in [6.45, 7) is 9.10. The average Bonchev–Trinajstić information content (AvgIpc) is 3.03. The molecule has 32 heavy (non-hydrogen) atoms. The van der Waals surface area contributed by atoms with Crippen LogP contribution in [0.1, 0.15) is 49.8 Å². The van der Waals surface area contributed by atoms with Crippen LogP contribution in [0.5, 0.6) is 0 Å². The molecule has 2 aliphatic heterocycles. The van der Waals surface area contributed by atoms with Crippen molar-refractivity contribution in [3.63, 3.8) is 0 Å². The van der Waals surface area contributed by atoms with Gasteiger partial charge in [0.1, 0.15) is 21.8 Å². The van der Waals surface area contributed by atoms with Gasteiger partial charge in [0.2, 0.25) is 0 Å². The van der Waals surface area contributed by atoms with Crippen LogP contribution in [0.3, 0.4) is 0 Å². The highest BCUT2D eigenvalue weighted by molar-refractivity contribution is 8.26. The Hall–Kier alpha value is -2.15. The van der Waals surface area contributed by atoms with E-state index in [-0.39, 0.29) is 17.0 Å². The molecule has 3 rings (SSSR count). The topological polar surface area (TPSA) is 78.6 Å². The molecule has 2 saturated heterocycles. The molecule has 0 spiro atoms. The van der Waals surface area contributed by atoms with E-state index in [4.69, 9.17) is 17.0 Å². The zero-order chi connectivity index (χ0) is 23.4. The Morgan fingerprint density at radius 1 is 1.38 bits per heavy atom. The summed E-state index contributed by atoms with van der Waals surface area (Å²) in [6, 6.07) is 2.08. The molecule has 0 N–H and O–H groups in total. The van der Waals surface area contributed by atoms with Gasteiger partial charge in [-0.15, -0.1) is 0 Å². The maximum atomic E-state index is 13.1. The SMILES string of the molecule is CCn1c(N2CCCC(C)C2)c(/C=C2\SC(=S)N(CCCOC)C2=O)c(C)c(C#N)c1=O. The van der Waals surface area contributed by atoms with Crippen molar-refractivity contribution in [2.24, 2.45) is 5.92 Å². The minimum absolute atomic E-state index is 0.127. The van der Waals surface area contributed by atoms with E-state index in [2.05, 4.69) is 17.9 Å². The van der Waals surface area contributed by atoms with Crippen LogP contribution in [0.25, 0.3) is 6.08 Å². The normalized spacial score (nSPS) is 20.3. The predicted molar refractivity (Wildman–Crippen MR) is 133 cm³/mol. The molecule has 9 heteroatoms. The molecular formula is C23H30N4O3S2. The Bertz CT molecular complexity index is 1040. The molecule has 0 bridgehead atoms. The van der Waals surface area contributed by atoms with E-state index in [1.54, 1.807) is 23.5 Å². The van der Waals surface area contributed by atoms with Crippen LogP contribution in [-0.4, -0.2) is 53.0 Å². The number of hydrogen-bond acceptors (Lipinski definition) is 7. The molecule has 2 aliphatic rings. The number of methoxy groups -OCH3 is 1. The van der Waals surface area contributed by atoms with Crippen molar-refractivity contribution in [3.05, 3.63) is 31.9 Å². The molecule has 1 amide bonds. The molecule has 2 fully saturated rings. The zero-order valence-corrected chi connectivity index (χ0v) is 20.8. The largest absolute Gasteiger partial charge is 0.385 e. The fourth-order valence-corrected chi connectivity index (χ4v) is 5.64. The van der Waals surface area contributed by atoms with E-state index in [9.17, 15) is 14.9 Å². The summed E-state index contributed by atoms with van der Waals surface area (Å²) in [5.74, 6) is 1.17. The van der Waals surface area contributed by atoms with E-state index in [1.165, 1.54) is 11.8 Å². The number of ether oxygens (including phenoxy) is 1. The van der Waals surface area contributed by atoms with Gasteiger partial charge in [0.05, 0.1) is 4.91 Å². The number of thioether (sulfide) groups is 1. The molecule has 0 aromatic carbocycles. The first-order valence-electron chi connectivity index (χ1n) is 11.0. The van der Waals surface area contributed by atoms with Crippen LogP contribution in [0.15, 0.2) is 9.70 Å². The van der Waals surface area contributed by atoms with E-state index in [1.807, 2.05) is 13.0 Å². The number of nitrogens with zero attached hydrogens (tertiary/aromatic N) is 4. The summed E-state index contributed by atoms with van der Waals surface area (Å²) >= 11 is 6.72. The third kappa shape index (κ3) is 4.77. The number of carbonyl (C=O) groups excluding carboxylic acids is 1. The van der Waals surface area contributed by atoms with Crippen molar-refractivity contribution >= 4 is 46.1 Å². The highest BCUT2D eigenvalue weighted by Crippen LogP contribution is 2.36. The monoisotopic (exact) mass is 474 g/mol. The minimum atomic E-state index is -0.273. The standard InChI is InChI=1S/C23H30N4O3S2/c1-5-26-20(25-9-6-8-15(2)14-25)17(16(3)18(13-24)21(26)28)12-19-22(29)27(23(31)32-19)10-7-11-30-4/h12,15H,5-11,14H2,1-4H3/b19-12-. The molecule has 1 atom stereocenters. The van der Waals surface area contributed by atoms with Gasteiger partial charge in [-0.1, -0.05) is 30.9 Å². The molecule has 172 valence electrons. The lowest BCUT2D eigenvalue weighted by Gasteiger charge is -2.35. The predicted octanol–water partition coefficient (Wildman–Crippen LogP) is 3.52. The Labute approximate surface area is 199 Å². The maximum Gasteiger partial charge on any atom is 0.270 e. The number of piperidine rings is 1. The zero-order valence-electron chi connectivity index (χ0n) is 19.1. The molecule has 0 aliphatic carbocycles. The van der Waals surface area contributed by atoms with Crippen LogP contribution in [-0.2, 0) is 16.1 Å². The number of nitriles is 1. The first-order valence-corrected chi connectivity index (χ1v) is 12.2. The second-order valence-electron chi connectivity index (χ2n) is 8.27. The number of carbonyl (C=O) groups is 1. The van der Waals surface area contributed by atoms with Crippen LogP contribution >= 0.6 is 24.0 Å². The van der Waals surface area contributed by atoms with Crippen LogP contribution in [0.2, 0.25) is 0 Å². The second-order valence-corrected chi connectivity index (χ2v) is 9.95. The number of rotatable bonds is 7. The quantitative estimate of drug-likeness (QED) is 0.340. The van der Waals surface area contributed by atoms with Crippen molar-refractivity contribution in [3.8, 4) is 6.07 Å². The lowest BCUT2D eigenvalue weighted by atomic mass is 9.98. The van der Waals surface area contributed by atoms with Crippen molar-refractivity contribution in [1.29, 1.82) is 5.26 Å². The molecule has 3 heterocycles. The van der Waals surface area contributed by atoms with Gasteiger partial charge in [0.15, 0.2) is 0 Å². The number of thiocarbonyl (C=S) groups is 1. The van der Waals surface area contributed by atoms with Gasteiger partial charge < -0.3 is 9.64 Å². The van der Waals surface area contributed by atoms with Gasteiger partial charge in [0, 0.05) is 45.5 Å². The lowest BCUT2D eigenvalue weighted by molar-refractivity contribution is -0.122. The first kappa shape index (κ1) is 24.5. The molecule has 7 nitrogen and oxygen atoms in total. The van der Waals surface area contributed by atoms with E-state index in [0.717, 1.165) is 37.3 Å². The molecule has 0 radical (unpaired) electrons. The first-order chi connectivity index (χ1) is 15.3. The smallest absolute Gasteiger partial charge is 0.270 e. The van der Waals surface area contributed by atoms with Crippen molar-refractivity contribution < 1.29 is 9.53 Å². The number of pyridine rings is 1. The summed E-state index contributed by atoms with van der Waals surface area (Å²) in [7, 11) is 1.63. The molecule has 0 saturated carbocycles. The molecule has 1 aromatic rings. The average molecular weight is 475 g/mol. The minimum Gasteiger partial charge on any atom is -0.385 e. The van der Waals surface area contributed by atoms with E-state index in [0.29, 0.717) is 46.8 Å². The Balaban J connectivity index is 2.13. The van der Waals surface area contributed by atoms with Crippen molar-refractivity contribution in [2.75, 3.05) is 38.3 Å². The van der Waals surface area contributed by atoms with Gasteiger partial charge in [-0.3, -0.25) is 19.1 Å². The number of aromatic nitrogens is 1. The second kappa shape index (κ2) is 10.6. The van der Waals surface area contributed by atoms with E-state index >= 15 is 0 Å². The van der Waals surface area contributed by atoms with Crippen LogP contribution in [0.4, 0.5) is 5.82 Å². The number of anilines is 1. The third-order valence-corrected chi connectivity index (χ3v) is 7.38.